The minimum atomic E-state index is -4.44. The third kappa shape index (κ3) is 3.83. The molecule has 1 saturated carbocycles. The molecule has 0 unspecified atom stereocenters. The molecule has 2 heterocycles. The predicted molar refractivity (Wildman–Crippen MR) is 85.5 cm³/mol. The van der Waals surface area contributed by atoms with Crippen LogP contribution in [-0.2, 0) is 6.18 Å². The number of carbonyl (C=O) groups is 1. The summed E-state index contributed by atoms with van der Waals surface area (Å²) in [6.45, 7) is 4.44. The number of carbonyl (C=O) groups excluding carboxylic acids is 1. The van der Waals surface area contributed by atoms with Crippen LogP contribution in [0.4, 0.5) is 13.2 Å². The molecule has 0 spiro atoms. The largest absolute Gasteiger partial charge is 0.417 e. The highest BCUT2D eigenvalue weighted by atomic mass is 19.4. The third-order valence-corrected chi connectivity index (χ3v) is 4.14. The number of nitrogens with one attached hydrogen (secondary N) is 1. The average molecular weight is 352 g/mol. The van der Waals surface area contributed by atoms with Crippen LogP contribution in [0.25, 0.3) is 5.82 Å². The summed E-state index contributed by atoms with van der Waals surface area (Å²) >= 11 is 0. The zero-order valence-electron chi connectivity index (χ0n) is 14.0. The third-order valence-electron chi connectivity index (χ3n) is 4.14. The van der Waals surface area contributed by atoms with Gasteiger partial charge in [-0.25, -0.2) is 9.67 Å². The first-order valence-corrected chi connectivity index (χ1v) is 8.17. The summed E-state index contributed by atoms with van der Waals surface area (Å²) in [6.07, 6.45) is 0.0351. The van der Waals surface area contributed by atoms with Gasteiger partial charge < -0.3 is 5.32 Å². The molecule has 25 heavy (non-hydrogen) atoms. The summed E-state index contributed by atoms with van der Waals surface area (Å²) in [4.78, 5) is 16.3. The van der Waals surface area contributed by atoms with Crippen LogP contribution in [-0.4, -0.2) is 27.2 Å². The molecule has 3 rings (SSSR count). The molecule has 0 radical (unpaired) electrons. The summed E-state index contributed by atoms with van der Waals surface area (Å²) in [7, 11) is 0. The Bertz CT molecular complexity index is 761. The van der Waals surface area contributed by atoms with Crippen molar-refractivity contribution in [1.29, 1.82) is 0 Å². The number of aromatic nitrogens is 3. The Morgan fingerprint density at radius 2 is 2.04 bits per heavy atom. The van der Waals surface area contributed by atoms with Gasteiger partial charge in [-0.05, 0) is 36.8 Å². The lowest BCUT2D eigenvalue weighted by molar-refractivity contribution is -0.137. The maximum Gasteiger partial charge on any atom is 0.417 e. The Morgan fingerprint density at radius 1 is 1.32 bits per heavy atom. The molecular weight excluding hydrogens is 333 g/mol. The van der Waals surface area contributed by atoms with Crippen molar-refractivity contribution < 1.29 is 18.0 Å². The number of amides is 1. The fraction of sp³-hybridized carbons (Fsp3) is 0.471. The van der Waals surface area contributed by atoms with E-state index in [1.165, 1.54) is 16.9 Å². The van der Waals surface area contributed by atoms with Gasteiger partial charge in [0.15, 0.2) is 5.82 Å². The molecule has 1 aliphatic carbocycles. The molecule has 0 bridgehead atoms. The van der Waals surface area contributed by atoms with E-state index in [0.717, 1.165) is 25.1 Å². The van der Waals surface area contributed by atoms with Crippen molar-refractivity contribution in [2.24, 2.45) is 5.92 Å². The van der Waals surface area contributed by atoms with Gasteiger partial charge in [0.05, 0.1) is 23.0 Å². The Morgan fingerprint density at radius 3 is 2.56 bits per heavy atom. The van der Waals surface area contributed by atoms with Crippen molar-refractivity contribution in [3.8, 4) is 5.82 Å². The minimum absolute atomic E-state index is 0.0479. The first-order chi connectivity index (χ1) is 11.8. The van der Waals surface area contributed by atoms with E-state index in [9.17, 15) is 18.0 Å². The van der Waals surface area contributed by atoms with Crippen molar-refractivity contribution in [2.45, 2.75) is 38.8 Å². The Hall–Kier alpha value is -2.38. The van der Waals surface area contributed by atoms with Gasteiger partial charge in [0.2, 0.25) is 0 Å². The van der Waals surface area contributed by atoms with Crippen molar-refractivity contribution in [2.75, 3.05) is 6.54 Å². The standard InChI is InChI=1S/C17H19F3N4O/c1-10(2)15-13(16(25)22-7-11-3-4-11)9-23-24(15)14-6-5-12(8-21-14)17(18,19)20/h5-6,8-11H,3-4,7H2,1-2H3,(H,22,25). The van der Waals surface area contributed by atoms with Crippen LogP contribution in [0.2, 0.25) is 0 Å². The fourth-order valence-electron chi connectivity index (χ4n) is 2.60. The van der Waals surface area contributed by atoms with E-state index in [4.69, 9.17) is 0 Å². The fourth-order valence-corrected chi connectivity index (χ4v) is 2.60. The summed E-state index contributed by atoms with van der Waals surface area (Å²) in [6, 6.07) is 2.22. The van der Waals surface area contributed by atoms with Gasteiger partial charge in [0, 0.05) is 12.7 Å². The molecule has 1 amide bonds. The van der Waals surface area contributed by atoms with Crippen LogP contribution < -0.4 is 5.32 Å². The number of alkyl halides is 3. The van der Waals surface area contributed by atoms with E-state index in [2.05, 4.69) is 15.4 Å². The lowest BCUT2D eigenvalue weighted by atomic mass is 10.1. The van der Waals surface area contributed by atoms with Gasteiger partial charge in [0.25, 0.3) is 5.91 Å². The molecule has 1 fully saturated rings. The van der Waals surface area contributed by atoms with Crippen molar-refractivity contribution in [3.05, 3.63) is 41.3 Å². The van der Waals surface area contributed by atoms with Crippen LogP contribution in [0.5, 0.6) is 0 Å². The quantitative estimate of drug-likeness (QED) is 0.895. The Balaban J connectivity index is 1.89. The van der Waals surface area contributed by atoms with E-state index < -0.39 is 11.7 Å². The van der Waals surface area contributed by atoms with Crippen molar-refractivity contribution >= 4 is 5.91 Å². The Kier molecular flexibility index (Phi) is 4.53. The molecule has 1 N–H and O–H groups in total. The van der Waals surface area contributed by atoms with Crippen LogP contribution in [0, 0.1) is 5.92 Å². The van der Waals surface area contributed by atoms with Gasteiger partial charge >= 0.3 is 6.18 Å². The first kappa shape index (κ1) is 17.4. The number of pyridine rings is 1. The number of halogens is 3. The normalized spacial score (nSPS) is 14.8. The van der Waals surface area contributed by atoms with Crippen LogP contribution in [0.1, 0.15) is 54.2 Å². The molecule has 0 atom stereocenters. The minimum Gasteiger partial charge on any atom is -0.352 e. The molecule has 0 saturated heterocycles. The number of nitrogens with zero attached hydrogens (tertiary/aromatic N) is 3. The van der Waals surface area contributed by atoms with Gasteiger partial charge in [0.1, 0.15) is 0 Å². The Labute approximate surface area is 143 Å². The second-order valence-electron chi connectivity index (χ2n) is 6.57. The summed E-state index contributed by atoms with van der Waals surface area (Å²) < 4.78 is 39.5. The van der Waals surface area contributed by atoms with Gasteiger partial charge in [-0.3, -0.25) is 4.79 Å². The monoisotopic (exact) mass is 352 g/mol. The summed E-state index contributed by atoms with van der Waals surface area (Å²) in [5, 5.41) is 7.06. The molecule has 2 aromatic heterocycles. The molecule has 5 nitrogen and oxygen atoms in total. The molecule has 134 valence electrons. The maximum absolute atomic E-state index is 12.7. The summed E-state index contributed by atoms with van der Waals surface area (Å²) in [5.74, 6) is 0.540. The highest BCUT2D eigenvalue weighted by Gasteiger charge is 2.31. The summed E-state index contributed by atoms with van der Waals surface area (Å²) in [5.41, 5.74) is 0.231. The molecule has 8 heteroatoms. The molecule has 1 aliphatic rings. The maximum atomic E-state index is 12.7. The van der Waals surface area contributed by atoms with Crippen molar-refractivity contribution in [3.63, 3.8) is 0 Å². The zero-order chi connectivity index (χ0) is 18.2. The highest BCUT2D eigenvalue weighted by Crippen LogP contribution is 2.30. The number of rotatable bonds is 5. The van der Waals surface area contributed by atoms with E-state index in [0.29, 0.717) is 23.7 Å². The lowest BCUT2D eigenvalue weighted by Crippen LogP contribution is -2.26. The smallest absolute Gasteiger partial charge is 0.352 e. The van der Waals surface area contributed by atoms with Crippen LogP contribution in [0.3, 0.4) is 0 Å². The van der Waals surface area contributed by atoms with Crippen molar-refractivity contribution in [1.82, 2.24) is 20.1 Å². The zero-order valence-corrected chi connectivity index (χ0v) is 14.0. The average Bonchev–Trinajstić information content (AvgIpc) is 3.27. The first-order valence-electron chi connectivity index (χ1n) is 8.17. The van der Waals surface area contributed by atoms with E-state index in [-0.39, 0.29) is 17.6 Å². The van der Waals surface area contributed by atoms with Gasteiger partial charge in [-0.15, -0.1) is 0 Å². The number of hydrogen-bond donors (Lipinski definition) is 1. The molecular formula is C17H19F3N4O. The second kappa shape index (κ2) is 6.50. The SMILES string of the molecule is CC(C)c1c(C(=O)NCC2CC2)cnn1-c1ccc(C(F)(F)F)cn1. The second-order valence-corrected chi connectivity index (χ2v) is 6.57. The van der Waals surface area contributed by atoms with E-state index in [1.807, 2.05) is 13.8 Å². The topological polar surface area (TPSA) is 59.8 Å². The number of hydrogen-bond acceptors (Lipinski definition) is 3. The molecule has 0 aliphatic heterocycles. The van der Waals surface area contributed by atoms with E-state index in [1.54, 1.807) is 0 Å². The van der Waals surface area contributed by atoms with Crippen LogP contribution in [0.15, 0.2) is 24.5 Å². The van der Waals surface area contributed by atoms with Gasteiger partial charge in [-0.1, -0.05) is 13.8 Å². The molecule has 0 aromatic carbocycles. The van der Waals surface area contributed by atoms with Gasteiger partial charge in [-0.2, -0.15) is 18.3 Å². The van der Waals surface area contributed by atoms with E-state index >= 15 is 0 Å². The predicted octanol–water partition coefficient (Wildman–Crippen LogP) is 3.55. The highest BCUT2D eigenvalue weighted by molar-refractivity contribution is 5.95. The van der Waals surface area contributed by atoms with Crippen LogP contribution >= 0.6 is 0 Å². The molecule has 2 aromatic rings. The lowest BCUT2D eigenvalue weighted by Gasteiger charge is -2.13.